The zero-order valence-corrected chi connectivity index (χ0v) is 10.1. The summed E-state index contributed by atoms with van der Waals surface area (Å²) in [5.41, 5.74) is 7.74. The quantitative estimate of drug-likeness (QED) is 0.506. The summed E-state index contributed by atoms with van der Waals surface area (Å²) >= 11 is 0. The fourth-order valence-electron chi connectivity index (χ4n) is 1.58. The molecule has 4 N–H and O–H groups in total. The van der Waals surface area contributed by atoms with Crippen molar-refractivity contribution in [2.45, 2.75) is 6.42 Å². The molecule has 0 spiro atoms. The Morgan fingerprint density at radius 3 is 3.06 bits per heavy atom. The van der Waals surface area contributed by atoms with E-state index in [0.717, 1.165) is 6.42 Å². The van der Waals surface area contributed by atoms with E-state index in [4.69, 9.17) is 20.0 Å². The molecule has 18 heavy (non-hydrogen) atoms. The summed E-state index contributed by atoms with van der Waals surface area (Å²) in [6.45, 7) is 1.71. The van der Waals surface area contributed by atoms with Crippen molar-refractivity contribution in [1.29, 1.82) is 0 Å². The average Bonchev–Trinajstić information content (AvgIpc) is 2.78. The lowest BCUT2D eigenvalue weighted by molar-refractivity contribution is 0.0921. The van der Waals surface area contributed by atoms with Crippen LogP contribution in [0.2, 0.25) is 0 Å². The zero-order chi connectivity index (χ0) is 12.8. The van der Waals surface area contributed by atoms with Gasteiger partial charge in [0.05, 0.1) is 18.9 Å². The first kappa shape index (κ1) is 12.7. The number of fused-ring (bicyclic) bond motifs is 1. The molecule has 2 aromatic rings. The number of rotatable bonds is 7. The number of aromatic nitrogens is 1. The number of oxazole rings is 1. The van der Waals surface area contributed by atoms with E-state index in [-0.39, 0.29) is 6.61 Å². The fraction of sp³-hybridized carbons (Fsp3) is 0.417. The number of nitrogens with one attached hydrogen (secondary N) is 1. The SMILES string of the molecule is Nc1cccc2oc(NCCCOCCO)nc12. The Balaban J connectivity index is 1.83. The summed E-state index contributed by atoms with van der Waals surface area (Å²) in [5.74, 6) is 0. The van der Waals surface area contributed by atoms with Gasteiger partial charge in [-0.1, -0.05) is 6.07 Å². The maximum atomic E-state index is 8.53. The Morgan fingerprint density at radius 1 is 1.39 bits per heavy atom. The van der Waals surface area contributed by atoms with Crippen LogP contribution in [0.1, 0.15) is 6.42 Å². The van der Waals surface area contributed by atoms with Crippen LogP contribution in [-0.4, -0.2) is 36.5 Å². The van der Waals surface area contributed by atoms with Crippen molar-refractivity contribution in [1.82, 2.24) is 4.98 Å². The predicted octanol–water partition coefficient (Wildman–Crippen LogP) is 1.22. The first-order valence-corrected chi connectivity index (χ1v) is 5.89. The second-order valence-corrected chi connectivity index (χ2v) is 3.83. The van der Waals surface area contributed by atoms with Crippen LogP contribution in [0.3, 0.4) is 0 Å². The highest BCUT2D eigenvalue weighted by Crippen LogP contribution is 2.23. The van der Waals surface area contributed by atoms with Crippen LogP contribution in [0.5, 0.6) is 0 Å². The molecule has 1 aromatic carbocycles. The molecule has 0 unspecified atom stereocenters. The number of aliphatic hydroxyl groups excluding tert-OH is 1. The van der Waals surface area contributed by atoms with Gasteiger partial charge in [0.25, 0.3) is 6.01 Å². The third-order valence-corrected chi connectivity index (χ3v) is 2.43. The highest BCUT2D eigenvalue weighted by atomic mass is 16.5. The molecule has 0 amide bonds. The van der Waals surface area contributed by atoms with Crippen LogP contribution in [0.4, 0.5) is 11.7 Å². The molecule has 98 valence electrons. The maximum Gasteiger partial charge on any atom is 0.295 e. The molecule has 0 aliphatic carbocycles. The van der Waals surface area contributed by atoms with Crippen LogP contribution >= 0.6 is 0 Å². The Hall–Kier alpha value is -1.79. The lowest BCUT2D eigenvalue weighted by atomic mass is 10.3. The van der Waals surface area contributed by atoms with Crippen molar-refractivity contribution < 1.29 is 14.3 Å². The number of aliphatic hydroxyl groups is 1. The van der Waals surface area contributed by atoms with Gasteiger partial charge in [-0.25, -0.2) is 0 Å². The Bertz CT molecular complexity index is 498. The number of hydrogen-bond donors (Lipinski definition) is 3. The third kappa shape index (κ3) is 3.12. The molecule has 0 saturated heterocycles. The molecule has 0 saturated carbocycles. The summed E-state index contributed by atoms with van der Waals surface area (Å²) in [7, 11) is 0. The van der Waals surface area contributed by atoms with Gasteiger partial charge < -0.3 is 25.3 Å². The lowest BCUT2D eigenvalue weighted by Gasteiger charge is -2.02. The smallest absolute Gasteiger partial charge is 0.295 e. The van der Waals surface area contributed by atoms with Crippen LogP contribution < -0.4 is 11.1 Å². The summed E-state index contributed by atoms with van der Waals surface area (Å²) in [4.78, 5) is 4.26. The Morgan fingerprint density at radius 2 is 2.28 bits per heavy atom. The first-order chi connectivity index (χ1) is 8.81. The van der Waals surface area contributed by atoms with Gasteiger partial charge in [0, 0.05) is 13.2 Å². The predicted molar refractivity (Wildman–Crippen MR) is 69.4 cm³/mol. The van der Waals surface area contributed by atoms with E-state index in [1.807, 2.05) is 12.1 Å². The number of para-hydroxylation sites is 1. The fourth-order valence-corrected chi connectivity index (χ4v) is 1.58. The molecule has 6 heteroatoms. The minimum Gasteiger partial charge on any atom is -0.423 e. The largest absolute Gasteiger partial charge is 0.423 e. The summed E-state index contributed by atoms with van der Waals surface area (Å²) in [5, 5.41) is 11.6. The van der Waals surface area contributed by atoms with Crippen molar-refractivity contribution in [2.24, 2.45) is 0 Å². The van der Waals surface area contributed by atoms with Gasteiger partial charge in [0.2, 0.25) is 0 Å². The standard InChI is InChI=1S/C12H17N3O3/c13-9-3-1-4-10-11(9)15-12(18-10)14-5-2-7-17-8-6-16/h1,3-4,16H,2,5-8,13H2,(H,14,15). The number of hydrogen-bond acceptors (Lipinski definition) is 6. The molecule has 0 aliphatic rings. The molecule has 0 aliphatic heterocycles. The second kappa shape index (κ2) is 6.23. The van der Waals surface area contributed by atoms with E-state index in [1.54, 1.807) is 6.07 Å². The average molecular weight is 251 g/mol. The summed E-state index contributed by atoms with van der Waals surface area (Å²) in [6.07, 6.45) is 0.814. The van der Waals surface area contributed by atoms with Crippen molar-refractivity contribution >= 4 is 22.8 Å². The topological polar surface area (TPSA) is 93.5 Å². The van der Waals surface area contributed by atoms with Crippen molar-refractivity contribution in [3.63, 3.8) is 0 Å². The van der Waals surface area contributed by atoms with Gasteiger partial charge in [-0.15, -0.1) is 0 Å². The first-order valence-electron chi connectivity index (χ1n) is 5.89. The number of benzene rings is 1. The van der Waals surface area contributed by atoms with Gasteiger partial charge in [-0.3, -0.25) is 0 Å². The van der Waals surface area contributed by atoms with E-state index >= 15 is 0 Å². The highest BCUT2D eigenvalue weighted by molar-refractivity contribution is 5.86. The summed E-state index contributed by atoms with van der Waals surface area (Å²) < 4.78 is 10.6. The van der Waals surface area contributed by atoms with E-state index in [1.165, 1.54) is 0 Å². The molecule has 0 atom stereocenters. The number of nitrogen functional groups attached to an aromatic ring is 1. The minimum atomic E-state index is 0.0534. The lowest BCUT2D eigenvalue weighted by Crippen LogP contribution is -2.07. The molecule has 1 aromatic heterocycles. The van der Waals surface area contributed by atoms with Gasteiger partial charge in [0.1, 0.15) is 5.52 Å². The van der Waals surface area contributed by atoms with Crippen LogP contribution in [0.15, 0.2) is 22.6 Å². The number of nitrogens with two attached hydrogens (primary N) is 1. The van der Waals surface area contributed by atoms with Gasteiger partial charge in [-0.2, -0.15) is 4.98 Å². The Kier molecular flexibility index (Phi) is 4.38. The maximum absolute atomic E-state index is 8.53. The molecule has 1 heterocycles. The summed E-state index contributed by atoms with van der Waals surface area (Å²) in [6, 6.07) is 5.91. The molecule has 2 rings (SSSR count). The molecular weight excluding hydrogens is 234 g/mol. The molecular formula is C12H17N3O3. The molecule has 6 nitrogen and oxygen atoms in total. The van der Waals surface area contributed by atoms with Crippen LogP contribution in [-0.2, 0) is 4.74 Å². The van der Waals surface area contributed by atoms with Crippen LogP contribution in [0.25, 0.3) is 11.1 Å². The van der Waals surface area contributed by atoms with Gasteiger partial charge in [-0.05, 0) is 18.6 Å². The normalized spacial score (nSPS) is 10.9. The number of ether oxygens (including phenoxy) is 1. The van der Waals surface area contributed by atoms with Crippen molar-refractivity contribution in [3.8, 4) is 0 Å². The van der Waals surface area contributed by atoms with Crippen molar-refractivity contribution in [3.05, 3.63) is 18.2 Å². The Labute approximate surface area is 105 Å². The van der Waals surface area contributed by atoms with E-state index in [2.05, 4.69) is 10.3 Å². The molecule has 0 bridgehead atoms. The van der Waals surface area contributed by atoms with Crippen LogP contribution in [0, 0.1) is 0 Å². The number of anilines is 2. The highest BCUT2D eigenvalue weighted by Gasteiger charge is 2.06. The van der Waals surface area contributed by atoms with Gasteiger partial charge >= 0.3 is 0 Å². The zero-order valence-electron chi connectivity index (χ0n) is 10.1. The number of nitrogens with zero attached hydrogens (tertiary/aromatic N) is 1. The monoisotopic (exact) mass is 251 g/mol. The van der Waals surface area contributed by atoms with Gasteiger partial charge in [0.15, 0.2) is 5.58 Å². The molecule has 0 radical (unpaired) electrons. The van der Waals surface area contributed by atoms with Crippen molar-refractivity contribution in [2.75, 3.05) is 37.4 Å². The van der Waals surface area contributed by atoms with E-state index < -0.39 is 0 Å². The van der Waals surface area contributed by atoms with E-state index in [0.29, 0.717) is 42.6 Å². The third-order valence-electron chi connectivity index (χ3n) is 2.43. The second-order valence-electron chi connectivity index (χ2n) is 3.83. The molecule has 0 fully saturated rings. The van der Waals surface area contributed by atoms with E-state index in [9.17, 15) is 0 Å². The minimum absolute atomic E-state index is 0.0534.